The fourth-order valence-corrected chi connectivity index (χ4v) is 3.17. The second-order valence-corrected chi connectivity index (χ2v) is 5.22. The van der Waals surface area contributed by atoms with Crippen molar-refractivity contribution in [2.45, 2.75) is 52.0 Å². The first-order valence-corrected chi connectivity index (χ1v) is 5.41. The van der Waals surface area contributed by atoms with E-state index in [4.69, 9.17) is 5.73 Å². The summed E-state index contributed by atoms with van der Waals surface area (Å²) in [6, 6.07) is 0.544. The number of rotatable bonds is 2. The molecule has 1 heteroatoms. The molecular formula is C11H21N. The quantitative estimate of drug-likeness (QED) is 0.672. The minimum Gasteiger partial charge on any atom is -0.328 e. The van der Waals surface area contributed by atoms with Gasteiger partial charge in [-0.25, -0.2) is 0 Å². The van der Waals surface area contributed by atoms with Crippen molar-refractivity contribution in [3.05, 3.63) is 0 Å². The Morgan fingerprint density at radius 2 is 1.92 bits per heavy atom. The first-order chi connectivity index (χ1) is 5.65. The highest BCUT2D eigenvalue weighted by Gasteiger charge is 2.52. The van der Waals surface area contributed by atoms with Gasteiger partial charge in [0, 0.05) is 6.04 Å². The third-order valence-corrected chi connectivity index (χ3v) is 4.23. The van der Waals surface area contributed by atoms with E-state index >= 15 is 0 Å². The topological polar surface area (TPSA) is 26.0 Å². The molecule has 2 fully saturated rings. The Morgan fingerprint density at radius 3 is 2.33 bits per heavy atom. The molecule has 0 saturated heterocycles. The Kier molecular flexibility index (Phi) is 1.95. The van der Waals surface area contributed by atoms with E-state index in [0.29, 0.717) is 6.04 Å². The molecule has 2 N–H and O–H groups in total. The highest BCUT2D eigenvalue weighted by molar-refractivity contribution is 5.05. The molecule has 0 aliphatic heterocycles. The molecule has 1 unspecified atom stereocenters. The highest BCUT2D eigenvalue weighted by Crippen LogP contribution is 2.60. The van der Waals surface area contributed by atoms with E-state index in [2.05, 4.69) is 13.8 Å². The van der Waals surface area contributed by atoms with Gasteiger partial charge in [0.25, 0.3) is 0 Å². The summed E-state index contributed by atoms with van der Waals surface area (Å²) in [4.78, 5) is 0. The lowest BCUT2D eigenvalue weighted by atomic mass is 9.48. The van der Waals surface area contributed by atoms with Crippen molar-refractivity contribution in [3.63, 3.8) is 0 Å². The summed E-state index contributed by atoms with van der Waals surface area (Å²) < 4.78 is 0. The summed E-state index contributed by atoms with van der Waals surface area (Å²) in [5, 5.41) is 0. The number of hydrogen-bond donors (Lipinski definition) is 1. The van der Waals surface area contributed by atoms with Crippen LogP contribution in [0.3, 0.4) is 0 Å². The second-order valence-electron chi connectivity index (χ2n) is 5.22. The van der Waals surface area contributed by atoms with E-state index in [1.807, 2.05) is 0 Å². The van der Waals surface area contributed by atoms with Gasteiger partial charge < -0.3 is 5.73 Å². The largest absolute Gasteiger partial charge is 0.328 e. The Morgan fingerprint density at radius 1 is 1.33 bits per heavy atom. The van der Waals surface area contributed by atoms with Crippen LogP contribution in [0.25, 0.3) is 0 Å². The molecule has 70 valence electrons. The molecule has 12 heavy (non-hydrogen) atoms. The average molecular weight is 167 g/mol. The molecule has 0 amide bonds. The molecule has 1 atom stereocenters. The van der Waals surface area contributed by atoms with Crippen LogP contribution < -0.4 is 5.73 Å². The maximum atomic E-state index is 5.82. The lowest BCUT2D eigenvalue weighted by Crippen LogP contribution is -2.54. The predicted octanol–water partition coefficient (Wildman–Crippen LogP) is 2.55. The molecule has 2 aliphatic rings. The average Bonchev–Trinajstić information content (AvgIpc) is 1.92. The molecule has 2 saturated carbocycles. The molecule has 0 bridgehead atoms. The van der Waals surface area contributed by atoms with E-state index in [1.165, 1.54) is 32.1 Å². The van der Waals surface area contributed by atoms with Gasteiger partial charge in [-0.05, 0) is 42.9 Å². The van der Waals surface area contributed by atoms with Crippen LogP contribution in [0.2, 0.25) is 0 Å². The van der Waals surface area contributed by atoms with Gasteiger partial charge in [-0.3, -0.25) is 0 Å². The van der Waals surface area contributed by atoms with Crippen molar-refractivity contribution in [2.75, 3.05) is 0 Å². The zero-order valence-corrected chi connectivity index (χ0v) is 8.34. The van der Waals surface area contributed by atoms with E-state index in [9.17, 15) is 0 Å². The Hall–Kier alpha value is -0.0400. The van der Waals surface area contributed by atoms with Gasteiger partial charge in [-0.15, -0.1) is 0 Å². The molecular weight excluding hydrogens is 146 g/mol. The highest BCUT2D eigenvalue weighted by atomic mass is 14.7. The van der Waals surface area contributed by atoms with Gasteiger partial charge in [0.15, 0.2) is 0 Å². The van der Waals surface area contributed by atoms with E-state index in [1.54, 1.807) is 0 Å². The molecule has 0 heterocycles. The van der Waals surface area contributed by atoms with Crippen LogP contribution in [-0.4, -0.2) is 6.04 Å². The molecule has 1 nitrogen and oxygen atoms in total. The van der Waals surface area contributed by atoms with Crippen molar-refractivity contribution in [3.8, 4) is 0 Å². The van der Waals surface area contributed by atoms with Crippen LogP contribution in [0.4, 0.5) is 0 Å². The van der Waals surface area contributed by atoms with Crippen LogP contribution in [0.5, 0.6) is 0 Å². The molecule has 0 aromatic rings. The fraction of sp³-hybridized carbons (Fsp3) is 1.00. The van der Waals surface area contributed by atoms with Crippen LogP contribution >= 0.6 is 0 Å². The Labute approximate surface area is 75.7 Å². The van der Waals surface area contributed by atoms with Gasteiger partial charge in [0.2, 0.25) is 0 Å². The van der Waals surface area contributed by atoms with E-state index < -0.39 is 0 Å². The third-order valence-electron chi connectivity index (χ3n) is 4.23. The van der Waals surface area contributed by atoms with Gasteiger partial charge in [0.05, 0.1) is 0 Å². The summed E-state index contributed by atoms with van der Waals surface area (Å²) in [6.07, 6.45) is 6.96. The first kappa shape index (κ1) is 8.55. The lowest BCUT2D eigenvalue weighted by Gasteiger charge is -2.58. The predicted molar refractivity (Wildman–Crippen MR) is 51.8 cm³/mol. The molecule has 2 aliphatic carbocycles. The van der Waals surface area contributed by atoms with Gasteiger partial charge >= 0.3 is 0 Å². The number of hydrogen-bond acceptors (Lipinski definition) is 1. The standard InChI is InChI=1S/C11H21N/c1-3-8(2)9-4-11(5-9)6-10(12)7-11/h8-10H,3-7,12H2,1-2H3. The normalized spacial score (nSPS) is 48.2. The summed E-state index contributed by atoms with van der Waals surface area (Å²) in [5.41, 5.74) is 6.56. The van der Waals surface area contributed by atoms with Crippen molar-refractivity contribution >= 4 is 0 Å². The fourth-order valence-electron chi connectivity index (χ4n) is 3.17. The van der Waals surface area contributed by atoms with Crippen molar-refractivity contribution in [1.29, 1.82) is 0 Å². The van der Waals surface area contributed by atoms with Crippen molar-refractivity contribution < 1.29 is 0 Å². The minimum atomic E-state index is 0.544. The maximum absolute atomic E-state index is 5.82. The molecule has 0 aromatic heterocycles. The maximum Gasteiger partial charge on any atom is 0.00494 e. The van der Waals surface area contributed by atoms with Crippen LogP contribution in [0.15, 0.2) is 0 Å². The van der Waals surface area contributed by atoms with Crippen LogP contribution in [0, 0.1) is 17.3 Å². The summed E-state index contributed by atoms with van der Waals surface area (Å²) >= 11 is 0. The molecule has 0 radical (unpaired) electrons. The summed E-state index contributed by atoms with van der Waals surface area (Å²) in [7, 11) is 0. The molecule has 2 rings (SSSR count). The molecule has 0 aromatic carbocycles. The van der Waals surface area contributed by atoms with Crippen LogP contribution in [-0.2, 0) is 0 Å². The third kappa shape index (κ3) is 1.19. The zero-order chi connectivity index (χ0) is 8.77. The number of nitrogens with two attached hydrogens (primary N) is 1. The van der Waals surface area contributed by atoms with E-state index in [0.717, 1.165) is 17.3 Å². The molecule has 1 spiro atoms. The lowest BCUT2D eigenvalue weighted by molar-refractivity contribution is -0.0596. The summed E-state index contributed by atoms with van der Waals surface area (Å²) in [6.45, 7) is 4.71. The summed E-state index contributed by atoms with van der Waals surface area (Å²) in [5.74, 6) is 1.98. The second kappa shape index (κ2) is 2.73. The van der Waals surface area contributed by atoms with Crippen molar-refractivity contribution in [1.82, 2.24) is 0 Å². The zero-order valence-electron chi connectivity index (χ0n) is 8.34. The van der Waals surface area contributed by atoms with Crippen LogP contribution in [0.1, 0.15) is 46.0 Å². The Bertz CT molecular complexity index is 162. The van der Waals surface area contributed by atoms with Gasteiger partial charge in [0.1, 0.15) is 0 Å². The van der Waals surface area contributed by atoms with Gasteiger partial charge in [-0.1, -0.05) is 20.3 Å². The van der Waals surface area contributed by atoms with Gasteiger partial charge in [-0.2, -0.15) is 0 Å². The Balaban J connectivity index is 1.77. The monoisotopic (exact) mass is 167 g/mol. The SMILES string of the molecule is CCC(C)C1CC2(CC(N)C2)C1. The van der Waals surface area contributed by atoms with E-state index in [-0.39, 0.29) is 0 Å². The smallest absolute Gasteiger partial charge is 0.00494 e. The first-order valence-electron chi connectivity index (χ1n) is 5.41. The minimum absolute atomic E-state index is 0.544. The van der Waals surface area contributed by atoms with Crippen molar-refractivity contribution in [2.24, 2.45) is 23.0 Å².